The van der Waals surface area contributed by atoms with E-state index in [9.17, 15) is 13.2 Å². The lowest BCUT2D eigenvalue weighted by Crippen LogP contribution is -2.49. The van der Waals surface area contributed by atoms with Crippen molar-refractivity contribution in [1.29, 1.82) is 0 Å². The first kappa shape index (κ1) is 12.2. The summed E-state index contributed by atoms with van der Waals surface area (Å²) in [6.07, 6.45) is -1.01. The largest absolute Gasteiger partial charge is 0.393 e. The summed E-state index contributed by atoms with van der Waals surface area (Å²) in [6.45, 7) is 0. The van der Waals surface area contributed by atoms with Gasteiger partial charge >= 0.3 is 6.18 Å². The average Bonchev–Trinajstić information content (AvgIpc) is 2.15. The highest BCUT2D eigenvalue weighted by atomic mass is 19.4. The maximum absolute atomic E-state index is 12.4. The van der Waals surface area contributed by atoms with E-state index in [0.717, 1.165) is 12.8 Å². The lowest BCUT2D eigenvalue weighted by atomic mass is 9.83. The summed E-state index contributed by atoms with van der Waals surface area (Å²) in [5.41, 5.74) is 0. The molecule has 0 saturated heterocycles. The lowest BCUT2D eigenvalue weighted by Gasteiger charge is -2.38. The predicted octanol–water partition coefficient (Wildman–Crippen LogP) is 2.22. The van der Waals surface area contributed by atoms with Crippen LogP contribution in [0.5, 0.6) is 0 Å². The SMILES string of the molecule is OC1CC(NC2CCC(C(F)(F)F)CC2)C1. The van der Waals surface area contributed by atoms with Crippen molar-refractivity contribution in [3.8, 4) is 0 Å². The molecule has 0 aliphatic heterocycles. The zero-order chi connectivity index (χ0) is 11.8. The molecule has 0 amide bonds. The molecular weight excluding hydrogens is 219 g/mol. The van der Waals surface area contributed by atoms with Gasteiger partial charge < -0.3 is 10.4 Å². The van der Waals surface area contributed by atoms with Crippen LogP contribution < -0.4 is 5.32 Å². The predicted molar refractivity (Wildman–Crippen MR) is 54.0 cm³/mol. The molecule has 0 unspecified atom stereocenters. The van der Waals surface area contributed by atoms with Crippen molar-refractivity contribution in [3.63, 3.8) is 0 Å². The molecule has 0 radical (unpaired) electrons. The van der Waals surface area contributed by atoms with Crippen molar-refractivity contribution in [2.24, 2.45) is 5.92 Å². The van der Waals surface area contributed by atoms with Crippen molar-refractivity contribution in [2.45, 2.75) is 62.9 Å². The molecule has 0 heterocycles. The molecule has 0 aromatic rings. The van der Waals surface area contributed by atoms with E-state index < -0.39 is 12.1 Å². The highest BCUT2D eigenvalue weighted by molar-refractivity contribution is 4.89. The van der Waals surface area contributed by atoms with Gasteiger partial charge in [0.05, 0.1) is 12.0 Å². The smallest absolute Gasteiger partial charge is 0.391 e. The summed E-state index contributed by atoms with van der Waals surface area (Å²) >= 11 is 0. The van der Waals surface area contributed by atoms with Crippen LogP contribution in [0.4, 0.5) is 13.2 Å². The lowest BCUT2D eigenvalue weighted by molar-refractivity contribution is -0.183. The Labute approximate surface area is 93.2 Å². The Bertz CT molecular complexity index is 230. The van der Waals surface area contributed by atoms with Crippen LogP contribution in [0.2, 0.25) is 0 Å². The van der Waals surface area contributed by atoms with E-state index in [4.69, 9.17) is 5.11 Å². The normalized spacial score (nSPS) is 40.5. The Morgan fingerprint density at radius 1 is 0.938 bits per heavy atom. The first-order valence-electron chi connectivity index (χ1n) is 5.96. The minimum atomic E-state index is -4.02. The van der Waals surface area contributed by atoms with Gasteiger partial charge in [-0.15, -0.1) is 0 Å². The summed E-state index contributed by atoms with van der Waals surface area (Å²) in [5.74, 6) is -1.10. The summed E-state index contributed by atoms with van der Waals surface area (Å²) in [6, 6.07) is 0.540. The molecule has 16 heavy (non-hydrogen) atoms. The quantitative estimate of drug-likeness (QED) is 0.771. The molecular formula is C11H18F3NO. The van der Waals surface area contributed by atoms with Gasteiger partial charge in [-0.3, -0.25) is 0 Å². The summed E-state index contributed by atoms with van der Waals surface area (Å²) in [5, 5.41) is 12.4. The third-order valence-electron chi connectivity index (χ3n) is 3.77. The maximum atomic E-state index is 12.4. The average molecular weight is 237 g/mol. The summed E-state index contributed by atoms with van der Waals surface area (Å²) in [4.78, 5) is 0. The monoisotopic (exact) mass is 237 g/mol. The summed E-state index contributed by atoms with van der Waals surface area (Å²) < 4.78 is 37.2. The number of alkyl halides is 3. The Morgan fingerprint density at radius 2 is 1.50 bits per heavy atom. The molecule has 0 spiro atoms. The highest BCUT2D eigenvalue weighted by Crippen LogP contribution is 2.37. The number of halogens is 3. The minimum Gasteiger partial charge on any atom is -0.393 e. The van der Waals surface area contributed by atoms with Gasteiger partial charge in [0.1, 0.15) is 0 Å². The molecule has 2 N–H and O–H groups in total. The van der Waals surface area contributed by atoms with Crippen LogP contribution in [-0.2, 0) is 0 Å². The van der Waals surface area contributed by atoms with E-state index in [1.54, 1.807) is 0 Å². The second-order valence-corrected chi connectivity index (χ2v) is 5.08. The van der Waals surface area contributed by atoms with Gasteiger partial charge in [-0.1, -0.05) is 0 Å². The third kappa shape index (κ3) is 2.88. The van der Waals surface area contributed by atoms with Crippen molar-refractivity contribution in [2.75, 3.05) is 0 Å². The number of aliphatic hydroxyl groups is 1. The van der Waals surface area contributed by atoms with Gasteiger partial charge in [-0.2, -0.15) is 13.2 Å². The molecule has 0 atom stereocenters. The molecule has 2 fully saturated rings. The van der Waals surface area contributed by atoms with E-state index >= 15 is 0 Å². The van der Waals surface area contributed by atoms with Crippen LogP contribution in [0.3, 0.4) is 0 Å². The van der Waals surface area contributed by atoms with Crippen LogP contribution in [0.25, 0.3) is 0 Å². The third-order valence-corrected chi connectivity index (χ3v) is 3.77. The first-order chi connectivity index (χ1) is 7.45. The standard InChI is InChI=1S/C11H18F3NO/c12-11(13,14)7-1-3-8(4-2-7)15-9-5-10(16)6-9/h7-10,15-16H,1-6H2. The maximum Gasteiger partial charge on any atom is 0.391 e. The number of rotatable bonds is 2. The topological polar surface area (TPSA) is 32.3 Å². The molecule has 2 aliphatic rings. The van der Waals surface area contributed by atoms with Crippen LogP contribution in [-0.4, -0.2) is 29.5 Å². The molecule has 94 valence electrons. The molecule has 0 aromatic carbocycles. The van der Waals surface area contributed by atoms with E-state index in [1.807, 2.05) is 0 Å². The molecule has 2 rings (SSSR count). The Kier molecular flexibility index (Phi) is 3.45. The minimum absolute atomic E-state index is 0.205. The van der Waals surface area contributed by atoms with Crippen LogP contribution in [0.15, 0.2) is 0 Å². The van der Waals surface area contributed by atoms with Crippen molar-refractivity contribution >= 4 is 0 Å². The Hall–Kier alpha value is -0.290. The zero-order valence-electron chi connectivity index (χ0n) is 9.13. The number of hydrogen-bond donors (Lipinski definition) is 2. The fourth-order valence-electron chi connectivity index (χ4n) is 2.64. The molecule has 5 heteroatoms. The van der Waals surface area contributed by atoms with E-state index in [-0.39, 0.29) is 25.0 Å². The number of hydrogen-bond acceptors (Lipinski definition) is 2. The van der Waals surface area contributed by atoms with Gasteiger partial charge in [0.2, 0.25) is 0 Å². The van der Waals surface area contributed by atoms with Crippen LogP contribution in [0.1, 0.15) is 38.5 Å². The van der Waals surface area contributed by atoms with Crippen molar-refractivity contribution in [3.05, 3.63) is 0 Å². The fraction of sp³-hybridized carbons (Fsp3) is 1.00. The van der Waals surface area contributed by atoms with Gasteiger partial charge in [-0.05, 0) is 38.5 Å². The van der Waals surface area contributed by atoms with E-state index in [1.165, 1.54) is 0 Å². The molecule has 2 saturated carbocycles. The van der Waals surface area contributed by atoms with Gasteiger partial charge in [0, 0.05) is 12.1 Å². The highest BCUT2D eigenvalue weighted by Gasteiger charge is 2.42. The Morgan fingerprint density at radius 3 is 1.94 bits per heavy atom. The molecule has 2 aliphatic carbocycles. The van der Waals surface area contributed by atoms with Gasteiger partial charge in [-0.25, -0.2) is 0 Å². The second-order valence-electron chi connectivity index (χ2n) is 5.08. The number of aliphatic hydroxyl groups excluding tert-OH is 1. The van der Waals surface area contributed by atoms with E-state index in [2.05, 4.69) is 5.32 Å². The van der Waals surface area contributed by atoms with Crippen molar-refractivity contribution in [1.82, 2.24) is 5.32 Å². The molecule has 2 nitrogen and oxygen atoms in total. The Balaban J connectivity index is 1.69. The fourth-order valence-corrected chi connectivity index (χ4v) is 2.64. The molecule has 0 aromatic heterocycles. The summed E-state index contributed by atoms with van der Waals surface area (Å²) in [7, 11) is 0. The number of nitrogens with one attached hydrogen (secondary N) is 1. The second kappa shape index (κ2) is 4.53. The van der Waals surface area contributed by atoms with Crippen molar-refractivity contribution < 1.29 is 18.3 Å². The van der Waals surface area contributed by atoms with Gasteiger partial charge in [0.25, 0.3) is 0 Å². The first-order valence-corrected chi connectivity index (χ1v) is 5.96. The van der Waals surface area contributed by atoms with Crippen LogP contribution in [0, 0.1) is 5.92 Å². The molecule has 0 bridgehead atoms. The van der Waals surface area contributed by atoms with Gasteiger partial charge in [0.15, 0.2) is 0 Å². The zero-order valence-corrected chi connectivity index (χ0v) is 9.13. The van der Waals surface area contributed by atoms with E-state index in [0.29, 0.717) is 18.9 Å². The van der Waals surface area contributed by atoms with Crippen LogP contribution >= 0.6 is 0 Å².